The number of hydrazone groups is 1. The number of carbonyl (C=O) groups excluding carboxylic acids is 2. The molecule has 1 aliphatic carbocycles. The van der Waals surface area contributed by atoms with Crippen molar-refractivity contribution in [2.45, 2.75) is 18.9 Å². The van der Waals surface area contributed by atoms with Crippen molar-refractivity contribution in [3.63, 3.8) is 0 Å². The Hall–Kier alpha value is -4.33. The number of benzene rings is 1. The summed E-state index contributed by atoms with van der Waals surface area (Å²) in [5.41, 5.74) is 3.64. The van der Waals surface area contributed by atoms with Crippen molar-refractivity contribution < 1.29 is 18.4 Å². The van der Waals surface area contributed by atoms with E-state index in [0.717, 1.165) is 12.8 Å². The number of anilines is 2. The van der Waals surface area contributed by atoms with E-state index in [4.69, 9.17) is 15.3 Å². The molecule has 4 N–H and O–H groups in total. The van der Waals surface area contributed by atoms with Gasteiger partial charge in [0.15, 0.2) is 23.0 Å². The van der Waals surface area contributed by atoms with E-state index in [1.165, 1.54) is 13.2 Å². The van der Waals surface area contributed by atoms with Gasteiger partial charge in [-0.1, -0.05) is 12.0 Å². The lowest BCUT2D eigenvalue weighted by atomic mass is 10.1. The first-order chi connectivity index (χ1) is 17.2. The minimum absolute atomic E-state index is 0.0329. The van der Waals surface area contributed by atoms with Crippen molar-refractivity contribution in [3.05, 3.63) is 41.2 Å². The van der Waals surface area contributed by atoms with Crippen molar-refractivity contribution in [2.75, 3.05) is 32.6 Å². The fourth-order valence-corrected chi connectivity index (χ4v) is 3.30. The van der Waals surface area contributed by atoms with Gasteiger partial charge in [-0.2, -0.15) is 5.10 Å². The number of para-hydroxylation sites is 1. The van der Waals surface area contributed by atoms with Crippen LogP contribution in [-0.4, -0.2) is 66.1 Å². The van der Waals surface area contributed by atoms with Crippen LogP contribution in [0.4, 0.5) is 11.4 Å². The highest BCUT2D eigenvalue weighted by Crippen LogP contribution is 2.33. The van der Waals surface area contributed by atoms with Crippen molar-refractivity contribution in [1.29, 1.82) is 0 Å². The largest absolute Gasteiger partial charge is 0.494 e. The summed E-state index contributed by atoms with van der Waals surface area (Å²) in [7, 11) is 1.47. The van der Waals surface area contributed by atoms with Gasteiger partial charge in [-0.3, -0.25) is 15.0 Å². The van der Waals surface area contributed by atoms with Crippen molar-refractivity contribution >= 4 is 29.0 Å². The maximum Gasteiger partial charge on any atom is 0.273 e. The fourth-order valence-electron chi connectivity index (χ4n) is 3.30. The lowest BCUT2D eigenvalue weighted by molar-refractivity contribution is 0.0935. The van der Waals surface area contributed by atoms with Gasteiger partial charge in [-0.05, 0) is 31.0 Å². The SMILES string of the molecule is [2H]C([2H])([2H])NC(=O)c1nnc(C(=O)NC2CC2)cc1Nc1cccc(C2=NNCN2CC#C)c1OC. The Morgan fingerprint density at radius 2 is 2.18 bits per heavy atom. The Labute approximate surface area is 195 Å². The van der Waals surface area contributed by atoms with E-state index < -0.39 is 18.8 Å². The summed E-state index contributed by atoms with van der Waals surface area (Å²) in [5, 5.41) is 19.7. The summed E-state index contributed by atoms with van der Waals surface area (Å²) in [5.74, 6) is 2.08. The first-order valence-electron chi connectivity index (χ1n) is 11.6. The minimum Gasteiger partial charge on any atom is -0.494 e. The Bertz CT molecular complexity index is 1250. The van der Waals surface area contributed by atoms with Crippen LogP contribution in [0, 0.1) is 12.3 Å². The van der Waals surface area contributed by atoms with E-state index in [9.17, 15) is 9.59 Å². The molecular weight excluding hydrogens is 424 g/mol. The molecule has 4 rings (SSSR count). The molecule has 0 bridgehead atoms. The highest BCUT2D eigenvalue weighted by atomic mass is 16.5. The van der Waals surface area contributed by atoms with Crippen LogP contribution in [0.3, 0.4) is 0 Å². The standard InChI is InChI=1S/C22H24N8O3/c1-4-10-30-12-24-29-20(30)14-6-5-7-15(19(14)33-3)26-16-11-17(21(31)25-13-8-9-13)27-28-18(16)22(32)23-2/h1,5-7,11,13,24H,8-10,12H2,2-3H3,(H,23,32)(H,25,31)(H,26,27)/i2D3. The Kier molecular flexibility index (Phi) is 5.22. The van der Waals surface area contributed by atoms with Gasteiger partial charge >= 0.3 is 0 Å². The van der Waals surface area contributed by atoms with Gasteiger partial charge in [0.1, 0.15) is 6.67 Å². The lowest BCUT2D eigenvalue weighted by Gasteiger charge is -2.20. The summed E-state index contributed by atoms with van der Waals surface area (Å²) < 4.78 is 27.7. The maximum absolute atomic E-state index is 12.7. The first-order valence-corrected chi connectivity index (χ1v) is 10.1. The molecule has 0 spiro atoms. The quantitative estimate of drug-likeness (QED) is 0.430. The van der Waals surface area contributed by atoms with Gasteiger partial charge in [0.05, 0.1) is 30.6 Å². The normalized spacial score (nSPS) is 16.3. The topological polar surface area (TPSA) is 133 Å². The number of ether oxygens (including phenoxy) is 1. The van der Waals surface area contributed by atoms with E-state index in [0.29, 0.717) is 36.0 Å². The summed E-state index contributed by atoms with van der Waals surface area (Å²) in [4.78, 5) is 27.1. The molecule has 170 valence electrons. The van der Waals surface area contributed by atoms with Crippen LogP contribution >= 0.6 is 0 Å². The zero-order valence-corrected chi connectivity index (χ0v) is 17.8. The number of nitrogens with zero attached hydrogens (tertiary/aromatic N) is 4. The molecule has 2 aromatic rings. The van der Waals surface area contributed by atoms with Crippen LogP contribution < -0.4 is 26.1 Å². The molecule has 1 saturated carbocycles. The van der Waals surface area contributed by atoms with Gasteiger partial charge < -0.3 is 25.6 Å². The second-order valence-electron chi connectivity index (χ2n) is 7.36. The molecule has 1 aromatic heterocycles. The molecule has 0 saturated heterocycles. The molecule has 33 heavy (non-hydrogen) atoms. The number of carbonyl (C=O) groups is 2. The molecule has 11 heteroatoms. The molecule has 2 amide bonds. The van der Waals surface area contributed by atoms with Crippen LogP contribution in [0.25, 0.3) is 0 Å². The smallest absolute Gasteiger partial charge is 0.273 e. The first kappa shape index (κ1) is 18.3. The minimum atomic E-state index is -2.75. The van der Waals surface area contributed by atoms with Gasteiger partial charge in [0.25, 0.3) is 11.8 Å². The average Bonchev–Trinajstić information content (AvgIpc) is 3.52. The zero-order chi connectivity index (χ0) is 25.9. The summed E-state index contributed by atoms with van der Waals surface area (Å²) in [6, 6.07) is 6.64. The number of amides is 2. The molecular formula is C22H24N8O3. The van der Waals surface area contributed by atoms with Gasteiger partial charge in [0.2, 0.25) is 0 Å². The third kappa shape index (κ3) is 4.64. The number of rotatable bonds is 8. The lowest BCUT2D eigenvalue weighted by Crippen LogP contribution is -2.30. The molecule has 1 aliphatic heterocycles. The van der Waals surface area contributed by atoms with Gasteiger partial charge in [-0.15, -0.1) is 16.6 Å². The third-order valence-corrected chi connectivity index (χ3v) is 5.03. The van der Waals surface area contributed by atoms with E-state index >= 15 is 0 Å². The van der Waals surface area contributed by atoms with E-state index in [1.54, 1.807) is 18.2 Å². The third-order valence-electron chi connectivity index (χ3n) is 5.03. The van der Waals surface area contributed by atoms with Gasteiger partial charge in [-0.25, -0.2) is 0 Å². The number of amidine groups is 1. The van der Waals surface area contributed by atoms with E-state index in [-0.39, 0.29) is 23.1 Å². The number of nitrogens with one attached hydrogen (secondary N) is 4. The number of hydrogen-bond acceptors (Lipinski definition) is 9. The second kappa shape index (κ2) is 9.44. The molecule has 1 fully saturated rings. The number of methoxy groups -OCH3 is 1. The molecule has 0 radical (unpaired) electrons. The van der Waals surface area contributed by atoms with Crippen LogP contribution in [0.5, 0.6) is 5.75 Å². The Balaban J connectivity index is 1.72. The van der Waals surface area contributed by atoms with Crippen molar-refractivity contribution in [2.24, 2.45) is 5.10 Å². The Morgan fingerprint density at radius 1 is 1.33 bits per heavy atom. The zero-order valence-electron chi connectivity index (χ0n) is 20.8. The molecule has 1 aromatic carbocycles. The number of aromatic nitrogens is 2. The maximum atomic E-state index is 12.7. The number of terminal acetylenes is 1. The van der Waals surface area contributed by atoms with Crippen LogP contribution in [0.1, 0.15) is 43.5 Å². The van der Waals surface area contributed by atoms with Crippen molar-refractivity contribution in [1.82, 2.24) is 31.2 Å². The van der Waals surface area contributed by atoms with Gasteiger partial charge in [0, 0.05) is 17.1 Å². The molecule has 11 nitrogen and oxygen atoms in total. The predicted octanol–water partition coefficient (Wildman–Crippen LogP) is 0.638. The van der Waals surface area contributed by atoms with Crippen molar-refractivity contribution in [3.8, 4) is 18.1 Å². The molecule has 0 unspecified atom stereocenters. The van der Waals surface area contributed by atoms with Crippen LogP contribution in [0.2, 0.25) is 0 Å². The summed E-state index contributed by atoms with van der Waals surface area (Å²) in [6.45, 7) is -2.00. The monoisotopic (exact) mass is 451 g/mol. The highest BCUT2D eigenvalue weighted by Gasteiger charge is 2.27. The highest BCUT2D eigenvalue weighted by molar-refractivity contribution is 6.04. The van der Waals surface area contributed by atoms with Crippen LogP contribution in [0.15, 0.2) is 29.4 Å². The fraction of sp³-hybridized carbons (Fsp3) is 0.318. The predicted molar refractivity (Wildman–Crippen MR) is 122 cm³/mol. The van der Waals surface area contributed by atoms with E-state index in [1.807, 2.05) is 10.2 Å². The number of hydrogen-bond donors (Lipinski definition) is 4. The Morgan fingerprint density at radius 3 is 2.91 bits per heavy atom. The summed E-state index contributed by atoms with van der Waals surface area (Å²) >= 11 is 0. The summed E-state index contributed by atoms with van der Waals surface area (Å²) in [6.07, 6.45) is 7.23. The molecule has 0 atom stereocenters. The molecule has 2 aliphatic rings. The van der Waals surface area contributed by atoms with E-state index in [2.05, 4.69) is 37.3 Å². The van der Waals surface area contributed by atoms with Crippen LogP contribution in [-0.2, 0) is 0 Å². The molecule has 2 heterocycles. The second-order valence-corrected chi connectivity index (χ2v) is 7.36. The average molecular weight is 452 g/mol.